The maximum Gasteiger partial charge on any atom is 0.664 e. The Hall–Kier alpha value is 0.524. The molecule has 0 aliphatic carbocycles. The third-order valence-electron chi connectivity index (χ3n) is 5.79. The third-order valence-corrected chi connectivity index (χ3v) is 22.2. The van der Waals surface area contributed by atoms with Crippen molar-refractivity contribution in [3.8, 4) is 0 Å². The lowest BCUT2D eigenvalue weighted by Gasteiger charge is -2.40. The average Bonchev–Trinajstić information content (AvgIpc) is 2.94. The van der Waals surface area contributed by atoms with Crippen LogP contribution in [-0.4, -0.2) is 129 Å². The van der Waals surface area contributed by atoms with Crippen molar-refractivity contribution < 1.29 is 61.3 Å². The highest BCUT2D eigenvalue weighted by molar-refractivity contribution is 6.79. The van der Waals surface area contributed by atoms with Crippen molar-refractivity contribution in [2.75, 3.05) is 84.3 Å². The average molecular weight is 629 g/mol. The van der Waals surface area contributed by atoms with Crippen LogP contribution in [0.3, 0.4) is 0 Å². The zero-order valence-corrected chi connectivity index (χ0v) is 29.5. The van der Waals surface area contributed by atoms with E-state index in [0.717, 1.165) is 0 Å². The SMILES string of the molecule is CCO[Si](OCC)(O[Si](CC[Si](OC)(OC)OC)(OC)OC)O[Si](CC[Si](OC)(OC)OC)(OC)OC. The zero-order valence-electron chi connectivity index (χ0n) is 24.5. The Morgan fingerprint density at radius 2 is 0.568 bits per heavy atom. The maximum absolute atomic E-state index is 6.52. The lowest BCUT2D eigenvalue weighted by molar-refractivity contribution is -0.0100. The first-order valence-corrected chi connectivity index (χ1v) is 21.1. The summed E-state index contributed by atoms with van der Waals surface area (Å²) in [7, 11) is -1.73. The van der Waals surface area contributed by atoms with E-state index in [1.54, 1.807) is 13.8 Å². The molecule has 14 nitrogen and oxygen atoms in total. The van der Waals surface area contributed by atoms with Crippen molar-refractivity contribution in [3.63, 3.8) is 0 Å². The van der Waals surface area contributed by atoms with E-state index in [1.807, 2.05) is 0 Å². The summed E-state index contributed by atoms with van der Waals surface area (Å²) in [6.07, 6.45) is 0. The van der Waals surface area contributed by atoms with Crippen LogP contribution in [0.15, 0.2) is 0 Å². The molecule has 0 fully saturated rings. The maximum atomic E-state index is 6.52. The van der Waals surface area contributed by atoms with Gasteiger partial charge in [0.15, 0.2) is 0 Å². The first-order chi connectivity index (χ1) is 17.6. The molecule has 0 bridgehead atoms. The smallest absolute Gasteiger partial charge is 0.377 e. The van der Waals surface area contributed by atoms with E-state index >= 15 is 0 Å². The molecular formula is C18H48O14Si5. The minimum Gasteiger partial charge on any atom is -0.377 e. The first-order valence-electron chi connectivity index (χ1n) is 11.8. The van der Waals surface area contributed by atoms with Gasteiger partial charge in [0.1, 0.15) is 0 Å². The Morgan fingerprint density at radius 3 is 0.757 bits per heavy atom. The topological polar surface area (TPSA) is 129 Å². The van der Waals surface area contributed by atoms with E-state index in [1.165, 1.54) is 71.1 Å². The molecule has 0 rings (SSSR count). The van der Waals surface area contributed by atoms with Gasteiger partial charge < -0.3 is 61.3 Å². The van der Waals surface area contributed by atoms with Crippen molar-refractivity contribution in [2.24, 2.45) is 0 Å². The minimum atomic E-state index is -3.99. The summed E-state index contributed by atoms with van der Waals surface area (Å²) in [6.45, 7) is 4.05. The monoisotopic (exact) mass is 628 g/mol. The van der Waals surface area contributed by atoms with Gasteiger partial charge in [-0.15, -0.1) is 0 Å². The molecule has 19 heteroatoms. The van der Waals surface area contributed by atoms with E-state index in [2.05, 4.69) is 0 Å². The molecule has 0 saturated heterocycles. The van der Waals surface area contributed by atoms with Crippen molar-refractivity contribution in [3.05, 3.63) is 0 Å². The second-order valence-electron chi connectivity index (χ2n) is 7.34. The van der Waals surface area contributed by atoms with Gasteiger partial charge in [-0.3, -0.25) is 0 Å². The fourth-order valence-electron chi connectivity index (χ4n) is 3.48. The Bertz CT molecular complexity index is 525. The van der Waals surface area contributed by atoms with Gasteiger partial charge in [0.2, 0.25) is 0 Å². The van der Waals surface area contributed by atoms with Crippen LogP contribution in [0.1, 0.15) is 13.8 Å². The molecule has 0 atom stereocenters. The molecule has 0 aromatic carbocycles. The Kier molecular flexibility index (Phi) is 18.3. The van der Waals surface area contributed by atoms with E-state index < -0.39 is 44.3 Å². The summed E-state index contributed by atoms with van der Waals surface area (Å²) in [5.74, 6) is 0. The number of hydrogen-bond donors (Lipinski definition) is 0. The minimum absolute atomic E-state index is 0.224. The highest BCUT2D eigenvalue weighted by atomic mass is 28.5. The standard InChI is InChI=1S/C18H48O14Si5/c1-13-29-37(30-14-2,31-35(25-9,26-10)17-15-33(19-3,20-4)21-5)32-36(27-11,28-12)18-16-34(22-6,23-7)24-8/h13-18H2,1-12H3. The van der Waals surface area contributed by atoms with Gasteiger partial charge in [-0.1, -0.05) is 0 Å². The number of rotatable bonds is 24. The summed E-state index contributed by atoms with van der Waals surface area (Å²) < 4.78 is 81.9. The van der Waals surface area contributed by atoms with Gasteiger partial charge in [-0.2, -0.15) is 0 Å². The fraction of sp³-hybridized carbons (Fsp3) is 1.00. The van der Waals surface area contributed by atoms with Crippen molar-refractivity contribution >= 4 is 44.3 Å². The molecule has 0 aliphatic heterocycles. The van der Waals surface area contributed by atoms with Crippen LogP contribution < -0.4 is 0 Å². The molecule has 0 radical (unpaired) electrons. The highest BCUT2D eigenvalue weighted by Gasteiger charge is 2.62. The first kappa shape index (κ1) is 37.5. The van der Waals surface area contributed by atoms with Gasteiger partial charge in [0.05, 0.1) is 0 Å². The van der Waals surface area contributed by atoms with Crippen LogP contribution in [0.4, 0.5) is 0 Å². The predicted octanol–water partition coefficient (Wildman–Crippen LogP) is 1.75. The Labute approximate surface area is 227 Å². The second-order valence-corrected chi connectivity index (χ2v) is 22.1. The Balaban J connectivity index is 6.32. The van der Waals surface area contributed by atoms with Crippen molar-refractivity contribution in [1.82, 2.24) is 0 Å². The molecule has 0 aromatic heterocycles. The van der Waals surface area contributed by atoms with Crippen molar-refractivity contribution in [2.45, 2.75) is 38.0 Å². The highest BCUT2D eigenvalue weighted by Crippen LogP contribution is 2.32. The molecule has 0 saturated carbocycles. The summed E-state index contributed by atoms with van der Waals surface area (Å²) >= 11 is 0. The largest absolute Gasteiger partial charge is 0.664 e. The van der Waals surface area contributed by atoms with Crippen molar-refractivity contribution in [1.29, 1.82) is 0 Å². The van der Waals surface area contributed by atoms with Crippen LogP contribution in [0, 0.1) is 0 Å². The Morgan fingerprint density at radius 1 is 0.351 bits per heavy atom. The molecule has 224 valence electrons. The van der Waals surface area contributed by atoms with E-state index in [-0.39, 0.29) is 25.3 Å². The van der Waals surface area contributed by atoms with Gasteiger partial charge in [-0.05, 0) is 13.8 Å². The van der Waals surface area contributed by atoms with Gasteiger partial charge in [0.25, 0.3) is 0 Å². The number of hydrogen-bond acceptors (Lipinski definition) is 14. The molecule has 37 heavy (non-hydrogen) atoms. The van der Waals surface area contributed by atoms with Gasteiger partial charge in [0, 0.05) is 108 Å². The third kappa shape index (κ3) is 10.5. The van der Waals surface area contributed by atoms with Gasteiger partial charge in [-0.25, -0.2) is 0 Å². The summed E-state index contributed by atoms with van der Waals surface area (Å²) in [5.41, 5.74) is 0. The van der Waals surface area contributed by atoms with E-state index in [0.29, 0.717) is 12.1 Å². The molecule has 0 aliphatic rings. The van der Waals surface area contributed by atoms with Crippen LogP contribution in [0.2, 0.25) is 24.2 Å². The van der Waals surface area contributed by atoms with Crippen LogP contribution >= 0.6 is 0 Å². The van der Waals surface area contributed by atoms with Crippen LogP contribution in [0.25, 0.3) is 0 Å². The zero-order chi connectivity index (χ0) is 28.6. The van der Waals surface area contributed by atoms with E-state index in [9.17, 15) is 0 Å². The predicted molar refractivity (Wildman–Crippen MR) is 144 cm³/mol. The molecule has 0 unspecified atom stereocenters. The van der Waals surface area contributed by atoms with Crippen LogP contribution in [0.5, 0.6) is 0 Å². The summed E-state index contributed by atoms with van der Waals surface area (Å²) in [6, 6.07) is 1.27. The molecule has 0 N–H and O–H groups in total. The molecule has 0 spiro atoms. The second kappa shape index (κ2) is 18.1. The lowest BCUT2D eigenvalue weighted by Crippen LogP contribution is -2.65. The molecule has 0 amide bonds. The fourth-order valence-corrected chi connectivity index (χ4v) is 19.2. The summed E-state index contributed by atoms with van der Waals surface area (Å²) in [4.78, 5) is 0. The van der Waals surface area contributed by atoms with E-state index in [4.69, 9.17) is 61.3 Å². The van der Waals surface area contributed by atoms with Crippen LogP contribution in [-0.2, 0) is 61.3 Å². The quantitative estimate of drug-likeness (QED) is 0.144. The van der Waals surface area contributed by atoms with Gasteiger partial charge >= 0.3 is 44.3 Å². The normalized spacial score (nSPS) is 13.9. The molecular weight excluding hydrogens is 581 g/mol. The molecule has 0 heterocycles. The summed E-state index contributed by atoms with van der Waals surface area (Å²) in [5, 5.41) is 0. The molecule has 0 aromatic rings. The lowest BCUT2D eigenvalue weighted by atomic mass is 10.9.